The molecule has 6 rings (SSSR count). The smallest absolute Gasteiger partial charge is 0.261 e. The Morgan fingerprint density at radius 2 is 0.796 bits per heavy atom. The molecule has 0 fully saturated rings. The van der Waals surface area contributed by atoms with E-state index in [-0.39, 0.29) is 63.1 Å². The number of aliphatic hydroxyl groups excluding tert-OH is 4. The molecule has 0 radical (unpaired) electrons. The number of amides is 4. The standard InChI is InChI=1S/C20H24N2O6.C18H18Br2N2O4/c1-27-15-5-3-13-17-14(4-6-16(28-2)18(15)17)20(26)22(19(13)25)8-7-21(9-11-23)10-12-24;19-13-3-1-11-15-12(2-4-14(20)16(13)15)18(26)22(17(11)25)6-5-21(7-9-23)8-10-24/h3-6,23-24H,7-12H2,1-2H3;1-4,23-24H,5-10H2. The van der Waals surface area contributed by atoms with E-state index in [0.717, 1.165) is 14.3 Å². The summed E-state index contributed by atoms with van der Waals surface area (Å²) >= 11 is 6.98. The topological polar surface area (TPSA) is 181 Å². The van der Waals surface area contributed by atoms with Crippen molar-refractivity contribution in [1.82, 2.24) is 19.6 Å². The Morgan fingerprint density at radius 1 is 0.481 bits per heavy atom. The molecule has 2 heterocycles. The van der Waals surface area contributed by atoms with E-state index in [1.807, 2.05) is 17.0 Å². The Hall–Kier alpha value is -4.00. The number of nitrogens with zero attached hydrogens (tertiary/aromatic N) is 4. The summed E-state index contributed by atoms with van der Waals surface area (Å²) in [5.41, 5.74) is 1.82. The molecule has 16 heteroatoms. The monoisotopic (exact) mass is 872 g/mol. The summed E-state index contributed by atoms with van der Waals surface area (Å²) in [7, 11) is 3.05. The number of imide groups is 2. The van der Waals surface area contributed by atoms with Gasteiger partial charge in [-0.2, -0.15) is 0 Å². The maximum Gasteiger partial charge on any atom is 0.261 e. The quantitative estimate of drug-likeness (QED) is 0.121. The first-order valence-electron chi connectivity index (χ1n) is 17.3. The number of ether oxygens (including phenoxy) is 2. The number of methoxy groups -OCH3 is 2. The van der Waals surface area contributed by atoms with Gasteiger partial charge in [0.05, 0.1) is 46.0 Å². The van der Waals surface area contributed by atoms with E-state index >= 15 is 0 Å². The van der Waals surface area contributed by atoms with Crippen LogP contribution in [0.4, 0.5) is 0 Å². The zero-order valence-electron chi connectivity index (χ0n) is 29.9. The minimum atomic E-state index is -0.383. The van der Waals surface area contributed by atoms with Crippen molar-refractivity contribution in [2.24, 2.45) is 0 Å². The lowest BCUT2D eigenvalue weighted by Crippen LogP contribution is -2.45. The fraction of sp³-hybridized carbons (Fsp3) is 0.368. The van der Waals surface area contributed by atoms with Gasteiger partial charge in [0.25, 0.3) is 23.6 Å². The van der Waals surface area contributed by atoms with Crippen LogP contribution in [0.2, 0.25) is 0 Å². The van der Waals surface area contributed by atoms with Gasteiger partial charge in [0.2, 0.25) is 0 Å². The van der Waals surface area contributed by atoms with Crippen LogP contribution < -0.4 is 9.47 Å². The molecule has 4 amide bonds. The first-order chi connectivity index (χ1) is 26.1. The summed E-state index contributed by atoms with van der Waals surface area (Å²) in [4.78, 5) is 58.0. The highest BCUT2D eigenvalue weighted by atomic mass is 79.9. The second-order valence-corrected chi connectivity index (χ2v) is 14.1. The van der Waals surface area contributed by atoms with Crippen molar-refractivity contribution in [3.8, 4) is 11.5 Å². The molecule has 14 nitrogen and oxygen atoms in total. The fourth-order valence-corrected chi connectivity index (χ4v) is 8.15. The number of carbonyl (C=O) groups is 4. The SMILES string of the molecule is COc1ccc2c3c(ccc(OC)c13)C(=O)N(CCN(CCO)CCO)C2=O.O=C1c2ccc(Br)c3c(Br)ccc(c23)C(=O)N1CCN(CCO)CCO. The predicted octanol–water partition coefficient (Wildman–Crippen LogP) is 2.99. The van der Waals surface area contributed by atoms with E-state index < -0.39 is 0 Å². The third kappa shape index (κ3) is 8.16. The van der Waals surface area contributed by atoms with Gasteiger partial charge >= 0.3 is 0 Å². The van der Waals surface area contributed by atoms with Crippen LogP contribution in [-0.2, 0) is 0 Å². The van der Waals surface area contributed by atoms with Gasteiger partial charge in [-0.1, -0.05) is 31.9 Å². The van der Waals surface area contributed by atoms with Gasteiger partial charge in [-0.05, 0) is 48.5 Å². The molecule has 4 N–H and O–H groups in total. The maximum atomic E-state index is 13.0. The lowest BCUT2D eigenvalue weighted by molar-refractivity contribution is 0.0567. The van der Waals surface area contributed by atoms with Crippen LogP contribution in [-0.4, -0.2) is 157 Å². The van der Waals surface area contributed by atoms with E-state index in [2.05, 4.69) is 31.9 Å². The largest absolute Gasteiger partial charge is 0.496 e. The van der Waals surface area contributed by atoms with Crippen molar-refractivity contribution >= 4 is 77.0 Å². The van der Waals surface area contributed by atoms with Gasteiger partial charge in [-0.15, -0.1) is 0 Å². The van der Waals surface area contributed by atoms with Crippen molar-refractivity contribution in [2.45, 2.75) is 0 Å². The van der Waals surface area contributed by atoms with Crippen LogP contribution in [0.15, 0.2) is 57.5 Å². The molecule has 0 spiro atoms. The lowest BCUT2D eigenvalue weighted by atomic mass is 9.93. The third-order valence-corrected chi connectivity index (χ3v) is 10.8. The molecule has 0 saturated heterocycles. The van der Waals surface area contributed by atoms with Crippen LogP contribution in [0.25, 0.3) is 21.5 Å². The molecule has 0 bridgehead atoms. The Kier molecular flexibility index (Phi) is 14.1. The highest BCUT2D eigenvalue weighted by Crippen LogP contribution is 2.41. The maximum absolute atomic E-state index is 13.0. The van der Waals surface area contributed by atoms with Gasteiger partial charge in [0.1, 0.15) is 11.5 Å². The first kappa shape index (κ1) is 41.2. The number of halogens is 2. The predicted molar refractivity (Wildman–Crippen MR) is 208 cm³/mol. The second kappa shape index (κ2) is 18.6. The number of aliphatic hydroxyl groups is 4. The van der Waals surface area contributed by atoms with E-state index in [0.29, 0.717) is 89.2 Å². The highest BCUT2D eigenvalue weighted by Gasteiger charge is 2.35. The van der Waals surface area contributed by atoms with Crippen molar-refractivity contribution in [1.29, 1.82) is 0 Å². The third-order valence-electron chi connectivity index (χ3n) is 9.43. The molecule has 0 aromatic heterocycles. The summed E-state index contributed by atoms with van der Waals surface area (Å²) in [6, 6.07) is 13.8. The second-order valence-electron chi connectivity index (χ2n) is 12.4. The number of carbonyl (C=O) groups excluding carboxylic acids is 4. The molecule has 2 aliphatic heterocycles. The van der Waals surface area contributed by atoms with Gasteiger partial charge in [-0.25, -0.2) is 0 Å². The summed E-state index contributed by atoms with van der Waals surface area (Å²) < 4.78 is 12.4. The Morgan fingerprint density at radius 3 is 1.11 bits per heavy atom. The van der Waals surface area contributed by atoms with Crippen LogP contribution in [0.1, 0.15) is 41.4 Å². The van der Waals surface area contributed by atoms with Crippen LogP contribution in [0.5, 0.6) is 11.5 Å². The zero-order chi connectivity index (χ0) is 39.1. The van der Waals surface area contributed by atoms with Crippen molar-refractivity contribution < 1.29 is 49.1 Å². The first-order valence-corrected chi connectivity index (χ1v) is 18.8. The Bertz CT molecular complexity index is 1940. The number of hydrogen-bond donors (Lipinski definition) is 4. The molecule has 0 saturated carbocycles. The normalized spacial score (nSPS) is 13.7. The molecule has 54 heavy (non-hydrogen) atoms. The van der Waals surface area contributed by atoms with Crippen molar-refractivity contribution in [2.75, 3.05) is 93.0 Å². The molecule has 0 unspecified atom stereocenters. The summed E-state index contributed by atoms with van der Waals surface area (Å²) in [5.74, 6) is -0.359. The molecule has 4 aromatic rings. The number of hydrogen-bond acceptors (Lipinski definition) is 12. The van der Waals surface area contributed by atoms with E-state index in [4.69, 9.17) is 29.9 Å². The number of benzene rings is 4. The van der Waals surface area contributed by atoms with Crippen LogP contribution in [0.3, 0.4) is 0 Å². The van der Waals surface area contributed by atoms with Crippen molar-refractivity contribution in [3.05, 3.63) is 79.7 Å². The molecule has 0 atom stereocenters. The minimum absolute atomic E-state index is 0.0495. The number of rotatable bonds is 16. The van der Waals surface area contributed by atoms with Gasteiger partial charge in [0.15, 0.2) is 0 Å². The molecular formula is C38H42Br2N4O10. The summed E-state index contributed by atoms with van der Waals surface area (Å²) in [6.45, 7) is 2.36. The fourth-order valence-electron chi connectivity index (χ4n) is 6.79. The molecular weight excluding hydrogens is 832 g/mol. The van der Waals surface area contributed by atoms with E-state index in [1.165, 1.54) is 24.0 Å². The summed E-state index contributed by atoms with van der Waals surface area (Å²) in [6.07, 6.45) is 0. The highest BCUT2D eigenvalue weighted by molar-refractivity contribution is 9.11. The van der Waals surface area contributed by atoms with Crippen LogP contribution in [0, 0.1) is 0 Å². The van der Waals surface area contributed by atoms with Crippen LogP contribution >= 0.6 is 31.9 Å². The van der Waals surface area contributed by atoms with Gasteiger partial charge in [0, 0.05) is 99.7 Å². The Labute approximate surface area is 328 Å². The average molecular weight is 875 g/mol. The molecule has 288 valence electrons. The lowest BCUT2D eigenvalue weighted by Gasteiger charge is -2.30. The van der Waals surface area contributed by atoms with Crippen molar-refractivity contribution in [3.63, 3.8) is 0 Å². The molecule has 4 aromatic carbocycles. The van der Waals surface area contributed by atoms with E-state index in [1.54, 1.807) is 41.3 Å². The zero-order valence-corrected chi connectivity index (χ0v) is 33.1. The molecule has 0 aliphatic carbocycles. The minimum Gasteiger partial charge on any atom is -0.496 e. The molecule has 2 aliphatic rings. The van der Waals surface area contributed by atoms with Gasteiger partial charge < -0.3 is 29.9 Å². The average Bonchev–Trinajstić information content (AvgIpc) is 3.16. The summed E-state index contributed by atoms with van der Waals surface area (Å²) in [5, 5.41) is 39.1. The van der Waals surface area contributed by atoms with Gasteiger partial charge in [-0.3, -0.25) is 38.8 Å². The van der Waals surface area contributed by atoms with E-state index in [9.17, 15) is 19.2 Å². The Balaban J connectivity index is 0.000000208.